The molecule has 2 N–H and O–H groups in total. The van der Waals surface area contributed by atoms with Gasteiger partial charge in [-0.15, -0.1) is 0 Å². The molecule has 100 valence electrons. The normalized spacial score (nSPS) is 12.4. The number of nitrogens with zero attached hydrogens (tertiary/aromatic N) is 3. The van der Waals surface area contributed by atoms with Gasteiger partial charge in [0.1, 0.15) is 0 Å². The molecule has 2 aromatic rings. The van der Waals surface area contributed by atoms with E-state index in [1.165, 1.54) is 0 Å². The van der Waals surface area contributed by atoms with Crippen molar-refractivity contribution < 1.29 is 0 Å². The minimum atomic E-state index is 0.201. The number of fused-ring (bicyclic) bond motifs is 1. The number of aryl methyl sites for hydroxylation is 1. The Labute approximate surface area is 118 Å². The van der Waals surface area contributed by atoms with E-state index in [-0.39, 0.29) is 6.04 Å². The first-order chi connectivity index (χ1) is 8.99. The number of rotatable bonds is 4. The molecule has 0 saturated carbocycles. The van der Waals surface area contributed by atoms with Crippen LogP contribution in [0.2, 0.25) is 0 Å². The molecule has 0 amide bonds. The van der Waals surface area contributed by atoms with Crippen LogP contribution in [0.4, 0.5) is 5.82 Å². The Bertz CT molecular complexity index is 611. The van der Waals surface area contributed by atoms with E-state index >= 15 is 0 Å². The molecule has 1 atom stereocenters. The first-order valence-electron chi connectivity index (χ1n) is 6.23. The maximum atomic E-state index is 5.61. The maximum Gasteiger partial charge on any atom is 0.150 e. The zero-order valence-electron chi connectivity index (χ0n) is 11.4. The molecule has 2 rings (SSSR count). The average Bonchev–Trinajstić information content (AvgIpc) is 2.36. The second-order valence-electron chi connectivity index (χ2n) is 4.75. The summed E-state index contributed by atoms with van der Waals surface area (Å²) in [5, 5.41) is 0. The minimum absolute atomic E-state index is 0.201. The predicted octanol–water partition coefficient (Wildman–Crippen LogP) is 2.44. The summed E-state index contributed by atoms with van der Waals surface area (Å²) in [6, 6.07) is 8.07. The van der Waals surface area contributed by atoms with Gasteiger partial charge in [0.15, 0.2) is 5.82 Å². The fourth-order valence-electron chi connectivity index (χ4n) is 2.05. The molecule has 0 saturated heterocycles. The highest BCUT2D eigenvalue weighted by atomic mass is 32.1. The largest absolute Gasteiger partial charge is 0.393 e. The Kier molecular flexibility index (Phi) is 3.95. The van der Waals surface area contributed by atoms with Gasteiger partial charge >= 0.3 is 0 Å². The molecule has 0 fully saturated rings. The van der Waals surface area contributed by atoms with Crippen molar-refractivity contribution >= 4 is 34.1 Å². The number of nitrogens with two attached hydrogens (primary N) is 1. The first kappa shape index (κ1) is 13.7. The van der Waals surface area contributed by atoms with Crippen molar-refractivity contribution in [2.75, 3.05) is 11.9 Å². The van der Waals surface area contributed by atoms with Crippen molar-refractivity contribution in [3.05, 3.63) is 30.0 Å². The lowest BCUT2D eigenvalue weighted by Crippen LogP contribution is -2.33. The molecule has 1 unspecified atom stereocenters. The summed E-state index contributed by atoms with van der Waals surface area (Å²) in [5.41, 5.74) is 8.34. The van der Waals surface area contributed by atoms with E-state index in [0.717, 1.165) is 22.5 Å². The van der Waals surface area contributed by atoms with Crippen LogP contribution in [0, 0.1) is 6.92 Å². The Morgan fingerprint density at radius 3 is 2.47 bits per heavy atom. The van der Waals surface area contributed by atoms with Gasteiger partial charge in [-0.2, -0.15) is 0 Å². The van der Waals surface area contributed by atoms with Crippen molar-refractivity contribution in [1.82, 2.24) is 9.97 Å². The molecule has 0 aliphatic carbocycles. The summed E-state index contributed by atoms with van der Waals surface area (Å²) in [6.07, 6.45) is 0.666. The minimum Gasteiger partial charge on any atom is -0.393 e. The molecule has 0 radical (unpaired) electrons. The second kappa shape index (κ2) is 5.48. The van der Waals surface area contributed by atoms with Crippen LogP contribution in [0.5, 0.6) is 0 Å². The van der Waals surface area contributed by atoms with Crippen LogP contribution in [0.15, 0.2) is 24.3 Å². The lowest BCUT2D eigenvalue weighted by Gasteiger charge is -2.26. The molecule has 0 bridgehead atoms. The third-order valence-electron chi connectivity index (χ3n) is 3.21. The molecule has 1 aromatic carbocycles. The molecule has 0 aliphatic heterocycles. The number of hydrogen-bond donors (Lipinski definition) is 1. The van der Waals surface area contributed by atoms with Gasteiger partial charge in [-0.05, 0) is 26.0 Å². The summed E-state index contributed by atoms with van der Waals surface area (Å²) < 4.78 is 0. The van der Waals surface area contributed by atoms with Crippen LogP contribution in [0.25, 0.3) is 11.0 Å². The third-order valence-corrected chi connectivity index (χ3v) is 3.38. The predicted molar refractivity (Wildman–Crippen MR) is 83.5 cm³/mol. The second-order valence-corrected chi connectivity index (χ2v) is 5.28. The lowest BCUT2D eigenvalue weighted by molar-refractivity contribution is 0.702. The van der Waals surface area contributed by atoms with Gasteiger partial charge in [0.2, 0.25) is 0 Å². The molecule has 4 nitrogen and oxygen atoms in total. The van der Waals surface area contributed by atoms with Crippen LogP contribution >= 0.6 is 12.2 Å². The molecular formula is C14H18N4S. The summed E-state index contributed by atoms with van der Waals surface area (Å²) in [7, 11) is 1.99. The van der Waals surface area contributed by atoms with Gasteiger partial charge in [-0.1, -0.05) is 24.4 Å². The van der Waals surface area contributed by atoms with Crippen molar-refractivity contribution in [3.8, 4) is 0 Å². The highest BCUT2D eigenvalue weighted by molar-refractivity contribution is 7.80. The van der Waals surface area contributed by atoms with Crippen LogP contribution in [-0.4, -0.2) is 28.0 Å². The highest BCUT2D eigenvalue weighted by Crippen LogP contribution is 2.21. The van der Waals surface area contributed by atoms with Crippen LogP contribution in [-0.2, 0) is 0 Å². The summed E-state index contributed by atoms with van der Waals surface area (Å²) in [6.45, 7) is 4.05. The number of anilines is 1. The van der Waals surface area contributed by atoms with Gasteiger partial charge in [-0.25, -0.2) is 9.97 Å². The van der Waals surface area contributed by atoms with Crippen molar-refractivity contribution in [2.24, 2.45) is 5.73 Å². The maximum absolute atomic E-state index is 5.61. The molecule has 0 aliphatic rings. The smallest absolute Gasteiger partial charge is 0.150 e. The molecule has 0 spiro atoms. The van der Waals surface area contributed by atoms with E-state index in [0.29, 0.717) is 11.4 Å². The zero-order valence-corrected chi connectivity index (χ0v) is 12.2. The Morgan fingerprint density at radius 1 is 1.32 bits per heavy atom. The Balaban J connectivity index is 2.38. The Hall–Kier alpha value is -1.75. The molecule has 1 heterocycles. The quantitative estimate of drug-likeness (QED) is 0.868. The number of hydrogen-bond acceptors (Lipinski definition) is 4. The first-order valence-corrected chi connectivity index (χ1v) is 6.64. The monoisotopic (exact) mass is 274 g/mol. The van der Waals surface area contributed by atoms with E-state index in [2.05, 4.69) is 21.8 Å². The van der Waals surface area contributed by atoms with Gasteiger partial charge < -0.3 is 10.6 Å². The fourth-order valence-corrected chi connectivity index (χ4v) is 2.29. The molecule has 5 heteroatoms. The van der Waals surface area contributed by atoms with Gasteiger partial charge in [0, 0.05) is 19.5 Å². The Morgan fingerprint density at radius 2 is 1.89 bits per heavy atom. The lowest BCUT2D eigenvalue weighted by atomic mass is 10.2. The standard InChI is InChI=1S/C14H18N4S/c1-9(8-13(15)19)18(3)14-10(2)16-11-6-4-5-7-12(11)17-14/h4-7,9H,8H2,1-3H3,(H2,15,19). The van der Waals surface area contributed by atoms with E-state index in [9.17, 15) is 0 Å². The van der Waals surface area contributed by atoms with Crippen LogP contribution < -0.4 is 10.6 Å². The van der Waals surface area contributed by atoms with Crippen molar-refractivity contribution in [2.45, 2.75) is 26.3 Å². The van der Waals surface area contributed by atoms with E-state index in [4.69, 9.17) is 18.0 Å². The number of para-hydroxylation sites is 2. The van der Waals surface area contributed by atoms with Crippen LogP contribution in [0.1, 0.15) is 19.0 Å². The number of thiocarbonyl (C=S) groups is 1. The average molecular weight is 274 g/mol. The topological polar surface area (TPSA) is 55.0 Å². The SMILES string of the molecule is Cc1nc2ccccc2nc1N(C)C(C)CC(N)=S. The van der Waals surface area contributed by atoms with E-state index < -0.39 is 0 Å². The van der Waals surface area contributed by atoms with Crippen molar-refractivity contribution in [1.29, 1.82) is 0 Å². The fraction of sp³-hybridized carbons (Fsp3) is 0.357. The van der Waals surface area contributed by atoms with Crippen LogP contribution in [0.3, 0.4) is 0 Å². The van der Waals surface area contributed by atoms with Crippen molar-refractivity contribution in [3.63, 3.8) is 0 Å². The molecule has 19 heavy (non-hydrogen) atoms. The zero-order chi connectivity index (χ0) is 14.0. The number of aromatic nitrogens is 2. The van der Waals surface area contributed by atoms with E-state index in [1.54, 1.807) is 0 Å². The van der Waals surface area contributed by atoms with Gasteiger partial charge in [0.25, 0.3) is 0 Å². The third kappa shape index (κ3) is 2.98. The highest BCUT2D eigenvalue weighted by Gasteiger charge is 2.15. The van der Waals surface area contributed by atoms with Gasteiger partial charge in [0.05, 0.1) is 21.7 Å². The molecule has 1 aromatic heterocycles. The number of benzene rings is 1. The summed E-state index contributed by atoms with van der Waals surface area (Å²) >= 11 is 4.97. The van der Waals surface area contributed by atoms with Gasteiger partial charge in [-0.3, -0.25) is 0 Å². The van der Waals surface area contributed by atoms with E-state index in [1.807, 2.05) is 38.2 Å². The summed E-state index contributed by atoms with van der Waals surface area (Å²) in [4.78, 5) is 11.9. The summed E-state index contributed by atoms with van der Waals surface area (Å²) in [5.74, 6) is 0.877. The molecular weight excluding hydrogens is 256 g/mol.